The smallest absolute Gasteiger partial charge is 0.407 e. The maximum Gasteiger partial charge on any atom is 0.407 e. The molecule has 0 aromatic heterocycles. The lowest BCUT2D eigenvalue weighted by atomic mass is 9.85. The van der Waals surface area contributed by atoms with Crippen LogP contribution in [0.1, 0.15) is 46.5 Å². The van der Waals surface area contributed by atoms with Gasteiger partial charge in [-0.25, -0.2) is 4.79 Å². The van der Waals surface area contributed by atoms with E-state index in [0.717, 1.165) is 25.7 Å². The molecule has 1 rings (SSSR count). The van der Waals surface area contributed by atoms with Gasteiger partial charge in [-0.1, -0.05) is 30.7 Å². The Morgan fingerprint density at radius 2 is 2.39 bits per heavy atom. The Bertz CT molecular complexity index is 333. The quantitative estimate of drug-likeness (QED) is 0.754. The second kappa shape index (κ2) is 7.24. The van der Waals surface area contributed by atoms with Crippen molar-refractivity contribution < 1.29 is 9.53 Å². The summed E-state index contributed by atoms with van der Waals surface area (Å²) in [5.41, 5.74) is 2.56. The lowest BCUT2D eigenvalue weighted by molar-refractivity contribution is 0.105. The van der Waals surface area contributed by atoms with Crippen molar-refractivity contribution in [1.82, 2.24) is 5.32 Å². The standard InChI is InChI=1S/C15H25NO2/c1-5-12(4)18-15(17)16-10-13-6-8-14(9-7-13)11(2)3/h6,12,14H,2,5,7-10H2,1,3-4H3,(H,16,17). The molecule has 0 radical (unpaired) electrons. The van der Waals surface area contributed by atoms with E-state index < -0.39 is 0 Å². The highest BCUT2D eigenvalue weighted by atomic mass is 16.6. The molecule has 2 atom stereocenters. The van der Waals surface area contributed by atoms with Crippen LogP contribution in [-0.4, -0.2) is 18.7 Å². The Balaban J connectivity index is 2.28. The molecule has 2 unspecified atom stereocenters. The Morgan fingerprint density at radius 1 is 1.67 bits per heavy atom. The van der Waals surface area contributed by atoms with Crippen LogP contribution in [0.3, 0.4) is 0 Å². The summed E-state index contributed by atoms with van der Waals surface area (Å²) in [4.78, 5) is 11.5. The van der Waals surface area contributed by atoms with Crippen molar-refractivity contribution in [3.05, 3.63) is 23.8 Å². The van der Waals surface area contributed by atoms with Crippen molar-refractivity contribution in [3.8, 4) is 0 Å². The average Bonchev–Trinajstić information content (AvgIpc) is 2.36. The molecule has 1 N–H and O–H groups in total. The molecule has 1 aliphatic carbocycles. The predicted octanol–water partition coefficient (Wildman–Crippen LogP) is 3.81. The van der Waals surface area contributed by atoms with E-state index in [1.54, 1.807) is 0 Å². The van der Waals surface area contributed by atoms with Crippen LogP contribution in [-0.2, 0) is 4.74 Å². The van der Waals surface area contributed by atoms with Crippen LogP contribution in [0.15, 0.2) is 23.8 Å². The number of carbonyl (C=O) groups is 1. The molecule has 3 heteroatoms. The first-order valence-electron chi connectivity index (χ1n) is 6.80. The van der Waals surface area contributed by atoms with E-state index in [4.69, 9.17) is 4.74 Å². The van der Waals surface area contributed by atoms with Gasteiger partial charge in [-0.15, -0.1) is 0 Å². The van der Waals surface area contributed by atoms with E-state index in [0.29, 0.717) is 12.5 Å². The average molecular weight is 251 g/mol. The molecule has 0 aromatic rings. The largest absolute Gasteiger partial charge is 0.447 e. The van der Waals surface area contributed by atoms with E-state index in [9.17, 15) is 4.79 Å². The van der Waals surface area contributed by atoms with E-state index in [-0.39, 0.29) is 12.2 Å². The zero-order chi connectivity index (χ0) is 13.5. The molecule has 1 aliphatic rings. The van der Waals surface area contributed by atoms with Gasteiger partial charge in [-0.2, -0.15) is 0 Å². The van der Waals surface area contributed by atoms with Gasteiger partial charge in [0.25, 0.3) is 0 Å². The van der Waals surface area contributed by atoms with E-state index in [1.807, 2.05) is 13.8 Å². The molecular formula is C15H25NO2. The van der Waals surface area contributed by atoms with Gasteiger partial charge in [0.15, 0.2) is 0 Å². The molecule has 0 aromatic carbocycles. The van der Waals surface area contributed by atoms with Crippen LogP contribution in [0.4, 0.5) is 4.79 Å². The van der Waals surface area contributed by atoms with Gasteiger partial charge in [0.2, 0.25) is 0 Å². The van der Waals surface area contributed by atoms with E-state index in [2.05, 4.69) is 24.9 Å². The molecule has 0 fully saturated rings. The highest BCUT2D eigenvalue weighted by molar-refractivity contribution is 5.67. The van der Waals surface area contributed by atoms with Gasteiger partial charge >= 0.3 is 6.09 Å². The monoisotopic (exact) mass is 251 g/mol. The summed E-state index contributed by atoms with van der Waals surface area (Å²) < 4.78 is 5.16. The Hall–Kier alpha value is -1.25. The number of hydrogen-bond acceptors (Lipinski definition) is 2. The van der Waals surface area contributed by atoms with Gasteiger partial charge < -0.3 is 10.1 Å². The maximum atomic E-state index is 11.5. The minimum Gasteiger partial charge on any atom is -0.447 e. The predicted molar refractivity (Wildman–Crippen MR) is 74.5 cm³/mol. The molecule has 0 bridgehead atoms. The van der Waals surface area contributed by atoms with Gasteiger partial charge in [0.1, 0.15) is 6.10 Å². The molecule has 0 heterocycles. The summed E-state index contributed by atoms with van der Waals surface area (Å²) >= 11 is 0. The maximum absolute atomic E-state index is 11.5. The molecule has 0 saturated heterocycles. The molecular weight excluding hydrogens is 226 g/mol. The number of carbonyl (C=O) groups excluding carboxylic acids is 1. The van der Waals surface area contributed by atoms with Gasteiger partial charge in [0.05, 0.1) is 0 Å². The third-order valence-electron chi connectivity index (χ3n) is 3.54. The summed E-state index contributed by atoms with van der Waals surface area (Å²) in [6.07, 6.45) is 5.98. The summed E-state index contributed by atoms with van der Waals surface area (Å²) in [5.74, 6) is 0.612. The van der Waals surface area contributed by atoms with Gasteiger partial charge in [0, 0.05) is 6.54 Å². The SMILES string of the molecule is C=C(C)C1CC=C(CNC(=O)OC(C)CC)CC1. The summed E-state index contributed by atoms with van der Waals surface area (Å²) in [7, 11) is 0. The normalized spacial score (nSPS) is 20.8. The summed E-state index contributed by atoms with van der Waals surface area (Å²) in [5, 5.41) is 2.81. The number of allylic oxidation sites excluding steroid dienone is 2. The van der Waals surface area contributed by atoms with Crippen molar-refractivity contribution in [2.45, 2.75) is 52.6 Å². The van der Waals surface area contributed by atoms with Crippen molar-refractivity contribution in [1.29, 1.82) is 0 Å². The number of hydrogen-bond donors (Lipinski definition) is 1. The first-order valence-corrected chi connectivity index (χ1v) is 6.80. The number of alkyl carbamates (subject to hydrolysis) is 1. The summed E-state index contributed by atoms with van der Waals surface area (Å²) in [6.45, 7) is 10.6. The Morgan fingerprint density at radius 3 is 2.89 bits per heavy atom. The van der Waals surface area contributed by atoms with Crippen LogP contribution in [0.25, 0.3) is 0 Å². The fraction of sp³-hybridized carbons (Fsp3) is 0.667. The second-order valence-electron chi connectivity index (χ2n) is 5.16. The molecule has 102 valence electrons. The molecule has 3 nitrogen and oxygen atoms in total. The van der Waals surface area contributed by atoms with Crippen molar-refractivity contribution >= 4 is 6.09 Å². The fourth-order valence-corrected chi connectivity index (χ4v) is 1.99. The lowest BCUT2D eigenvalue weighted by Crippen LogP contribution is -2.29. The van der Waals surface area contributed by atoms with Crippen LogP contribution in [0.5, 0.6) is 0 Å². The summed E-state index contributed by atoms with van der Waals surface area (Å²) in [6, 6.07) is 0. The van der Waals surface area contributed by atoms with Crippen molar-refractivity contribution in [2.75, 3.05) is 6.54 Å². The topological polar surface area (TPSA) is 38.3 Å². The molecule has 0 spiro atoms. The van der Waals surface area contributed by atoms with Crippen LogP contribution < -0.4 is 5.32 Å². The first kappa shape index (κ1) is 14.8. The van der Waals surface area contributed by atoms with Crippen LogP contribution in [0.2, 0.25) is 0 Å². The fourth-order valence-electron chi connectivity index (χ4n) is 1.99. The third-order valence-corrected chi connectivity index (χ3v) is 3.54. The van der Waals surface area contributed by atoms with Crippen LogP contribution in [0, 0.1) is 5.92 Å². The zero-order valence-electron chi connectivity index (χ0n) is 11.8. The Labute approximate surface area is 110 Å². The lowest BCUT2D eigenvalue weighted by Gasteiger charge is -2.22. The number of nitrogens with one attached hydrogen (secondary N) is 1. The van der Waals surface area contributed by atoms with Crippen molar-refractivity contribution in [3.63, 3.8) is 0 Å². The molecule has 18 heavy (non-hydrogen) atoms. The zero-order valence-corrected chi connectivity index (χ0v) is 11.8. The third kappa shape index (κ3) is 4.94. The Kier molecular flexibility index (Phi) is 5.96. The minimum absolute atomic E-state index is 0.0156. The second-order valence-corrected chi connectivity index (χ2v) is 5.16. The van der Waals surface area contributed by atoms with Crippen LogP contribution >= 0.6 is 0 Å². The molecule has 1 amide bonds. The highest BCUT2D eigenvalue weighted by Crippen LogP contribution is 2.27. The number of rotatable bonds is 5. The molecule has 0 aliphatic heterocycles. The van der Waals surface area contributed by atoms with Gasteiger partial charge in [-0.05, 0) is 45.4 Å². The highest BCUT2D eigenvalue weighted by Gasteiger charge is 2.15. The van der Waals surface area contributed by atoms with E-state index >= 15 is 0 Å². The van der Waals surface area contributed by atoms with E-state index in [1.165, 1.54) is 11.1 Å². The molecule has 0 saturated carbocycles. The minimum atomic E-state index is -0.313. The van der Waals surface area contributed by atoms with Gasteiger partial charge in [-0.3, -0.25) is 0 Å². The van der Waals surface area contributed by atoms with Crippen molar-refractivity contribution in [2.24, 2.45) is 5.92 Å². The number of amides is 1. The first-order chi connectivity index (χ1) is 8.52. The number of ether oxygens (including phenoxy) is 1.